The number of benzene rings is 1. The molecule has 2 heterocycles. The Bertz CT molecular complexity index is 969. The maximum atomic E-state index is 13.8. The molecule has 1 aliphatic rings. The third-order valence-electron chi connectivity index (χ3n) is 4.04. The summed E-state index contributed by atoms with van der Waals surface area (Å²) >= 11 is 11.9. The standard InChI is InChI=1S/C18H17Cl2F2N5O2/c1-27(2)13-4-3-10(25-16-12(19)6-23-17(20)26-16)5-11(13)15-14(7-28)29-9-18(21,22)8-24-15/h3-7,24H,8-9H2,1-2H3,(H,23,25,26). The van der Waals surface area contributed by atoms with Crippen molar-refractivity contribution in [3.05, 3.63) is 46.0 Å². The Balaban J connectivity index is 2.06. The highest BCUT2D eigenvalue weighted by molar-refractivity contribution is 6.33. The van der Waals surface area contributed by atoms with Gasteiger partial charge in [0.2, 0.25) is 5.28 Å². The van der Waals surface area contributed by atoms with Gasteiger partial charge in [-0.2, -0.15) is 4.98 Å². The molecule has 0 radical (unpaired) electrons. The molecule has 0 fully saturated rings. The van der Waals surface area contributed by atoms with Crippen molar-refractivity contribution in [2.24, 2.45) is 0 Å². The first-order chi connectivity index (χ1) is 13.7. The van der Waals surface area contributed by atoms with E-state index in [1.54, 1.807) is 37.2 Å². The number of rotatable bonds is 5. The van der Waals surface area contributed by atoms with Gasteiger partial charge in [-0.1, -0.05) is 11.6 Å². The zero-order chi connectivity index (χ0) is 21.2. The summed E-state index contributed by atoms with van der Waals surface area (Å²) < 4.78 is 32.6. The fraction of sp³-hybridized carbons (Fsp3) is 0.278. The van der Waals surface area contributed by atoms with Crippen molar-refractivity contribution >= 4 is 52.4 Å². The monoisotopic (exact) mass is 443 g/mol. The maximum absolute atomic E-state index is 13.8. The Morgan fingerprint density at radius 2 is 2.10 bits per heavy atom. The molecular formula is C18H17Cl2F2N5O2. The Morgan fingerprint density at radius 3 is 2.79 bits per heavy atom. The van der Waals surface area contributed by atoms with E-state index in [1.807, 2.05) is 0 Å². The number of alkyl halides is 2. The minimum absolute atomic E-state index is 0.00838. The van der Waals surface area contributed by atoms with Crippen LogP contribution in [0.2, 0.25) is 10.3 Å². The van der Waals surface area contributed by atoms with Gasteiger partial charge in [-0.3, -0.25) is 4.79 Å². The number of halogens is 4. The lowest BCUT2D eigenvalue weighted by atomic mass is 10.1. The lowest BCUT2D eigenvalue weighted by Gasteiger charge is -2.21. The Labute approximate surface area is 175 Å². The normalized spacial score (nSPS) is 15.8. The fourth-order valence-corrected chi connectivity index (χ4v) is 2.98. The number of nitrogens with zero attached hydrogens (tertiary/aromatic N) is 3. The third kappa shape index (κ3) is 4.86. The van der Waals surface area contributed by atoms with Gasteiger partial charge < -0.3 is 20.3 Å². The average molecular weight is 444 g/mol. The minimum atomic E-state index is -3.12. The number of aromatic nitrogens is 2. The molecule has 29 heavy (non-hydrogen) atoms. The predicted molar refractivity (Wildman–Crippen MR) is 108 cm³/mol. The van der Waals surface area contributed by atoms with E-state index in [4.69, 9.17) is 27.9 Å². The van der Waals surface area contributed by atoms with Gasteiger partial charge in [-0.25, -0.2) is 13.8 Å². The van der Waals surface area contributed by atoms with Crippen LogP contribution in [0.1, 0.15) is 5.56 Å². The van der Waals surface area contributed by atoms with Crippen LogP contribution in [-0.4, -0.2) is 49.4 Å². The van der Waals surface area contributed by atoms with Gasteiger partial charge in [-0.15, -0.1) is 0 Å². The molecule has 7 nitrogen and oxygen atoms in total. The van der Waals surface area contributed by atoms with Crippen LogP contribution < -0.4 is 15.5 Å². The second-order valence-electron chi connectivity index (χ2n) is 6.44. The smallest absolute Gasteiger partial charge is 0.298 e. The highest BCUT2D eigenvalue weighted by Crippen LogP contribution is 2.33. The van der Waals surface area contributed by atoms with Crippen molar-refractivity contribution in [1.82, 2.24) is 15.3 Å². The molecule has 0 bridgehead atoms. The van der Waals surface area contributed by atoms with E-state index in [1.165, 1.54) is 6.20 Å². The summed E-state index contributed by atoms with van der Waals surface area (Å²) in [7, 11) is 3.58. The first kappa shape index (κ1) is 21.1. The van der Waals surface area contributed by atoms with Crippen molar-refractivity contribution < 1.29 is 18.3 Å². The van der Waals surface area contributed by atoms with Crippen molar-refractivity contribution in [3.63, 3.8) is 0 Å². The van der Waals surface area contributed by atoms with Crippen LogP contribution in [0.5, 0.6) is 0 Å². The van der Waals surface area contributed by atoms with Crippen LogP contribution in [0.3, 0.4) is 0 Å². The highest BCUT2D eigenvalue weighted by Gasteiger charge is 2.34. The Hall–Kier alpha value is -2.65. The Morgan fingerprint density at radius 1 is 1.34 bits per heavy atom. The van der Waals surface area contributed by atoms with Gasteiger partial charge >= 0.3 is 0 Å². The molecule has 1 aromatic heterocycles. The molecule has 3 rings (SSSR count). The lowest BCUT2D eigenvalue weighted by Crippen LogP contribution is -2.33. The number of carbonyl (C=O) groups is 1. The van der Waals surface area contributed by atoms with Crippen molar-refractivity contribution in [2.45, 2.75) is 5.92 Å². The van der Waals surface area contributed by atoms with E-state index in [9.17, 15) is 13.6 Å². The molecule has 0 aliphatic carbocycles. The molecule has 0 saturated carbocycles. The van der Waals surface area contributed by atoms with Crippen molar-refractivity contribution in [2.75, 3.05) is 37.5 Å². The molecule has 1 aromatic carbocycles. The summed E-state index contributed by atoms with van der Waals surface area (Å²) in [5, 5.41) is 5.91. The molecule has 0 saturated heterocycles. The summed E-state index contributed by atoms with van der Waals surface area (Å²) in [6.45, 7) is -1.56. The van der Waals surface area contributed by atoms with Crippen molar-refractivity contribution in [3.8, 4) is 0 Å². The van der Waals surface area contributed by atoms with Crippen LogP contribution in [0.25, 0.3) is 5.70 Å². The quantitative estimate of drug-likeness (QED) is 0.538. The van der Waals surface area contributed by atoms with E-state index >= 15 is 0 Å². The first-order valence-corrected chi connectivity index (χ1v) is 9.16. The molecule has 0 atom stereocenters. The largest absolute Gasteiger partial charge is 0.482 e. The van der Waals surface area contributed by atoms with Gasteiger partial charge in [0, 0.05) is 31.0 Å². The Kier molecular flexibility index (Phi) is 6.09. The van der Waals surface area contributed by atoms with E-state index in [2.05, 4.69) is 20.6 Å². The van der Waals surface area contributed by atoms with Crippen LogP contribution >= 0.6 is 23.2 Å². The highest BCUT2D eigenvalue weighted by atomic mass is 35.5. The topological polar surface area (TPSA) is 79.4 Å². The summed E-state index contributed by atoms with van der Waals surface area (Å²) in [4.78, 5) is 21.1. The molecule has 11 heteroatoms. The number of hydrogen-bond donors (Lipinski definition) is 2. The van der Waals surface area contributed by atoms with Crippen LogP contribution in [0.4, 0.5) is 26.0 Å². The number of nitrogens with one attached hydrogen (secondary N) is 2. The van der Waals surface area contributed by atoms with Gasteiger partial charge in [0.15, 0.2) is 24.5 Å². The van der Waals surface area contributed by atoms with E-state index in [0.29, 0.717) is 23.2 Å². The fourth-order valence-electron chi connectivity index (χ4n) is 2.71. The zero-order valence-corrected chi connectivity index (χ0v) is 17.0. The molecule has 1 aliphatic heterocycles. The second kappa shape index (κ2) is 8.38. The lowest BCUT2D eigenvalue weighted by molar-refractivity contribution is -0.109. The van der Waals surface area contributed by atoms with E-state index < -0.39 is 19.1 Å². The maximum Gasteiger partial charge on any atom is 0.298 e. The number of aldehydes is 1. The van der Waals surface area contributed by atoms with Gasteiger partial charge in [0.25, 0.3) is 5.92 Å². The minimum Gasteiger partial charge on any atom is -0.482 e. The summed E-state index contributed by atoms with van der Waals surface area (Å²) in [5.74, 6) is -3.04. The molecular weight excluding hydrogens is 427 g/mol. The average Bonchev–Trinajstić information content (AvgIpc) is 2.82. The number of ether oxygens (including phenoxy) is 1. The molecule has 0 spiro atoms. The number of hydrogen-bond acceptors (Lipinski definition) is 7. The summed E-state index contributed by atoms with van der Waals surface area (Å²) in [6.07, 6.45) is 1.76. The number of anilines is 3. The zero-order valence-electron chi connectivity index (χ0n) is 15.5. The van der Waals surface area contributed by atoms with E-state index in [-0.39, 0.29) is 27.6 Å². The summed E-state index contributed by atoms with van der Waals surface area (Å²) in [6, 6.07) is 5.17. The molecule has 2 aromatic rings. The molecule has 0 unspecified atom stereocenters. The van der Waals surface area contributed by atoms with Gasteiger partial charge in [0.05, 0.1) is 18.4 Å². The second-order valence-corrected chi connectivity index (χ2v) is 7.19. The molecule has 154 valence electrons. The SMILES string of the molecule is CN(C)c1ccc(Nc2nc(Cl)ncc2Cl)cc1C1=C(C=O)OCC(F)(F)CN1. The third-order valence-corrected chi connectivity index (χ3v) is 4.50. The molecule has 0 amide bonds. The van der Waals surface area contributed by atoms with Gasteiger partial charge in [-0.05, 0) is 29.8 Å². The van der Waals surface area contributed by atoms with Crippen molar-refractivity contribution in [1.29, 1.82) is 0 Å². The number of allylic oxidation sites excluding steroid dienone is 1. The summed E-state index contributed by atoms with van der Waals surface area (Å²) in [5.41, 5.74) is 1.86. The predicted octanol–water partition coefficient (Wildman–Crippen LogP) is 3.72. The number of carbonyl (C=O) groups excluding carboxylic acids is 1. The van der Waals surface area contributed by atoms with Crippen LogP contribution in [0, 0.1) is 0 Å². The molecule has 2 N–H and O–H groups in total. The van der Waals surface area contributed by atoms with Crippen LogP contribution in [0.15, 0.2) is 30.2 Å². The van der Waals surface area contributed by atoms with Crippen LogP contribution in [-0.2, 0) is 9.53 Å². The van der Waals surface area contributed by atoms with E-state index in [0.717, 1.165) is 0 Å². The first-order valence-electron chi connectivity index (χ1n) is 8.41. The van der Waals surface area contributed by atoms with Gasteiger partial charge in [0.1, 0.15) is 5.02 Å².